The summed E-state index contributed by atoms with van der Waals surface area (Å²) < 4.78 is 34.0. The van der Waals surface area contributed by atoms with E-state index in [9.17, 15) is 5.26 Å². The third-order valence-electron chi connectivity index (χ3n) is 6.36. The van der Waals surface area contributed by atoms with Gasteiger partial charge in [0.05, 0.1) is 30.5 Å². The summed E-state index contributed by atoms with van der Waals surface area (Å²) in [5.41, 5.74) is 0.723. The van der Waals surface area contributed by atoms with Crippen molar-refractivity contribution in [3.05, 3.63) is 11.6 Å². The van der Waals surface area contributed by atoms with Crippen LogP contribution in [0.25, 0.3) is 0 Å². The molecule has 0 bridgehead atoms. The van der Waals surface area contributed by atoms with E-state index in [0.29, 0.717) is 0 Å². The van der Waals surface area contributed by atoms with E-state index >= 15 is 0 Å². The van der Waals surface area contributed by atoms with Gasteiger partial charge in [-0.25, -0.2) is 0 Å². The maximum Gasteiger partial charge on any atom is 0.110 e. The van der Waals surface area contributed by atoms with Crippen LogP contribution in [0.4, 0.5) is 0 Å². The van der Waals surface area contributed by atoms with Crippen LogP contribution in [0, 0.1) is 23.2 Å². The van der Waals surface area contributed by atoms with E-state index in [0.717, 1.165) is 31.3 Å². The molecule has 7 heteroatoms. The maximum absolute atomic E-state index is 9.94. The van der Waals surface area contributed by atoms with Crippen molar-refractivity contribution in [3.8, 4) is 6.07 Å². The Morgan fingerprint density at radius 2 is 1.18 bits per heavy atom. The minimum atomic E-state index is -0.232. The van der Waals surface area contributed by atoms with Crippen LogP contribution in [-0.2, 0) is 28.4 Å². The first-order valence-corrected chi connectivity index (χ1v) is 9.88. The van der Waals surface area contributed by atoms with Crippen LogP contribution in [0.1, 0.15) is 25.7 Å². The predicted molar refractivity (Wildman–Crippen MR) is 104 cm³/mol. The van der Waals surface area contributed by atoms with Crippen LogP contribution >= 0.6 is 0 Å². The molecule has 0 saturated heterocycles. The van der Waals surface area contributed by atoms with E-state index < -0.39 is 0 Å². The summed E-state index contributed by atoms with van der Waals surface area (Å²) in [4.78, 5) is 0. The average molecular weight is 398 g/mol. The molecule has 0 amide bonds. The lowest BCUT2D eigenvalue weighted by molar-refractivity contribution is -0.145. The number of nitrogens with zero attached hydrogens (tertiary/aromatic N) is 1. The van der Waals surface area contributed by atoms with Crippen molar-refractivity contribution in [2.24, 2.45) is 11.8 Å². The summed E-state index contributed by atoms with van der Waals surface area (Å²) in [7, 11) is 10.1. The van der Waals surface area contributed by atoms with Crippen LogP contribution < -0.4 is 0 Å². The van der Waals surface area contributed by atoms with E-state index in [2.05, 4.69) is 12.1 Å². The second-order valence-corrected chi connectivity index (χ2v) is 7.51. The van der Waals surface area contributed by atoms with Gasteiger partial charge in [0, 0.05) is 60.1 Å². The van der Waals surface area contributed by atoms with Gasteiger partial charge in [0.15, 0.2) is 0 Å². The topological polar surface area (TPSA) is 79.2 Å². The van der Waals surface area contributed by atoms with Gasteiger partial charge in [0.25, 0.3) is 0 Å². The van der Waals surface area contributed by atoms with Crippen molar-refractivity contribution < 1.29 is 28.4 Å². The van der Waals surface area contributed by atoms with Gasteiger partial charge in [-0.3, -0.25) is 0 Å². The monoisotopic (exact) mass is 397 g/mol. The van der Waals surface area contributed by atoms with Crippen molar-refractivity contribution in [1.82, 2.24) is 0 Å². The van der Waals surface area contributed by atoms with Gasteiger partial charge in [-0.05, 0) is 25.7 Å². The number of hydrogen-bond donors (Lipinski definition) is 0. The molecule has 0 aromatic rings. The first-order chi connectivity index (χ1) is 13.6. The molecular weight excluding hydrogens is 362 g/mol. The Morgan fingerprint density at radius 3 is 1.64 bits per heavy atom. The minimum Gasteiger partial charge on any atom is -0.379 e. The normalized spacial score (nSPS) is 39.5. The first-order valence-electron chi connectivity index (χ1n) is 9.88. The van der Waals surface area contributed by atoms with Crippen LogP contribution in [0.2, 0.25) is 0 Å². The molecule has 2 aliphatic rings. The van der Waals surface area contributed by atoms with Crippen LogP contribution in [0.5, 0.6) is 0 Å². The third kappa shape index (κ3) is 4.76. The molecule has 0 spiro atoms. The fraction of sp³-hybridized carbons (Fsp3) is 0.857. The van der Waals surface area contributed by atoms with E-state index in [1.165, 1.54) is 0 Å². The number of ether oxygens (including phenoxy) is 6. The van der Waals surface area contributed by atoms with Gasteiger partial charge in [-0.15, -0.1) is 0 Å². The molecule has 0 heterocycles. The molecule has 2 fully saturated rings. The molecule has 28 heavy (non-hydrogen) atoms. The van der Waals surface area contributed by atoms with Crippen molar-refractivity contribution in [3.63, 3.8) is 0 Å². The highest BCUT2D eigenvalue weighted by molar-refractivity contribution is 5.28. The van der Waals surface area contributed by atoms with E-state index in [4.69, 9.17) is 28.4 Å². The summed E-state index contributed by atoms with van der Waals surface area (Å²) in [6.45, 7) is 0. The average Bonchev–Trinajstić information content (AvgIpc) is 2.75. The Morgan fingerprint density at radius 1 is 0.679 bits per heavy atom. The molecule has 0 radical (unpaired) electrons. The van der Waals surface area contributed by atoms with Gasteiger partial charge in [0.1, 0.15) is 12.2 Å². The molecule has 8 unspecified atom stereocenters. The van der Waals surface area contributed by atoms with Crippen molar-refractivity contribution in [1.29, 1.82) is 5.26 Å². The Labute approximate surface area is 168 Å². The molecule has 2 rings (SSSR count). The first kappa shape index (κ1) is 23.3. The van der Waals surface area contributed by atoms with Gasteiger partial charge in [0.2, 0.25) is 0 Å². The lowest BCUT2D eigenvalue weighted by Crippen LogP contribution is -2.50. The van der Waals surface area contributed by atoms with Crippen molar-refractivity contribution >= 4 is 0 Å². The molecule has 2 saturated carbocycles. The SMILES string of the molecule is COC1CCC(/C=C(/C#N)C2CCC(OC)C(OC)C2OC)C(OC)C1OC. The lowest BCUT2D eigenvalue weighted by Gasteiger charge is -2.42. The Balaban J connectivity index is 2.27. The van der Waals surface area contributed by atoms with E-state index in [1.54, 1.807) is 42.7 Å². The number of rotatable bonds is 8. The number of hydrogen-bond acceptors (Lipinski definition) is 7. The van der Waals surface area contributed by atoms with Crippen LogP contribution in [0.15, 0.2) is 11.6 Å². The van der Waals surface area contributed by atoms with Gasteiger partial charge in [-0.2, -0.15) is 5.26 Å². The van der Waals surface area contributed by atoms with Gasteiger partial charge < -0.3 is 28.4 Å². The van der Waals surface area contributed by atoms with Crippen molar-refractivity contribution in [2.75, 3.05) is 42.7 Å². The summed E-state index contributed by atoms with van der Waals surface area (Å²) in [6.07, 6.45) is 4.62. The highest BCUT2D eigenvalue weighted by Crippen LogP contribution is 2.38. The third-order valence-corrected chi connectivity index (χ3v) is 6.36. The quantitative estimate of drug-likeness (QED) is 0.582. The maximum atomic E-state index is 9.94. The largest absolute Gasteiger partial charge is 0.379 e. The molecule has 0 N–H and O–H groups in total. The smallest absolute Gasteiger partial charge is 0.110 e. The molecule has 8 atom stereocenters. The summed E-state index contributed by atoms with van der Waals surface area (Å²) >= 11 is 0. The van der Waals surface area contributed by atoms with Gasteiger partial charge in [-0.1, -0.05) is 6.08 Å². The summed E-state index contributed by atoms with van der Waals surface area (Å²) in [5, 5.41) is 9.94. The van der Waals surface area contributed by atoms with Crippen LogP contribution in [0.3, 0.4) is 0 Å². The Bertz CT molecular complexity index is 548. The number of methoxy groups -OCH3 is 6. The molecular formula is C21H35NO6. The predicted octanol–water partition coefficient (Wildman–Crippen LogP) is 2.35. The minimum absolute atomic E-state index is 0.00753. The summed E-state index contributed by atoms with van der Waals surface area (Å²) in [5.74, 6) is 0.0413. The highest BCUT2D eigenvalue weighted by atomic mass is 16.6. The van der Waals surface area contributed by atoms with E-state index in [1.807, 2.05) is 0 Å². The van der Waals surface area contributed by atoms with Crippen LogP contribution in [-0.4, -0.2) is 79.3 Å². The second-order valence-electron chi connectivity index (χ2n) is 7.51. The number of nitriles is 1. The zero-order chi connectivity index (χ0) is 20.7. The zero-order valence-electron chi connectivity index (χ0n) is 17.9. The zero-order valence-corrected chi connectivity index (χ0v) is 17.9. The molecule has 7 nitrogen and oxygen atoms in total. The van der Waals surface area contributed by atoms with Crippen molar-refractivity contribution in [2.45, 2.75) is 62.3 Å². The lowest BCUT2D eigenvalue weighted by atomic mass is 9.75. The molecule has 0 aliphatic heterocycles. The molecule has 160 valence electrons. The Hall–Kier alpha value is -1.01. The van der Waals surface area contributed by atoms with E-state index in [-0.39, 0.29) is 48.5 Å². The molecule has 2 aliphatic carbocycles. The fourth-order valence-electron chi connectivity index (χ4n) is 4.92. The molecule has 0 aromatic carbocycles. The molecule has 0 aromatic heterocycles. The second kappa shape index (κ2) is 11.2. The fourth-order valence-corrected chi connectivity index (χ4v) is 4.92. The van der Waals surface area contributed by atoms with Gasteiger partial charge >= 0.3 is 0 Å². The highest BCUT2D eigenvalue weighted by Gasteiger charge is 2.44. The Kier molecular flexibility index (Phi) is 9.35. The standard InChI is InChI=1S/C21H35NO6/c1-23-16-9-7-13(18(25-3)20(16)27-5)11-14(12-22)15-8-10-17(24-2)21(28-6)19(15)26-4/h11,13,15-21H,7-10H2,1-6H3/b14-11-. The summed E-state index contributed by atoms with van der Waals surface area (Å²) in [6, 6.07) is 2.42.